The van der Waals surface area contributed by atoms with Gasteiger partial charge >= 0.3 is 0 Å². The maximum absolute atomic E-state index is 5.40. The van der Waals surface area contributed by atoms with E-state index in [1.54, 1.807) is 0 Å². The van der Waals surface area contributed by atoms with Gasteiger partial charge in [0.2, 0.25) is 0 Å². The minimum atomic E-state index is 0.735. The maximum Gasteiger partial charge on any atom is 0.0104 e. The van der Waals surface area contributed by atoms with Gasteiger partial charge in [0.15, 0.2) is 0 Å². The molecule has 0 bridgehead atoms. The monoisotopic (exact) mass is 214 g/mol. The number of hydrogen-bond acceptors (Lipinski definition) is 4. The van der Waals surface area contributed by atoms with Gasteiger partial charge in [0.1, 0.15) is 0 Å². The van der Waals surface area contributed by atoms with Gasteiger partial charge in [0, 0.05) is 26.2 Å². The zero-order chi connectivity index (χ0) is 10.9. The van der Waals surface area contributed by atoms with Gasteiger partial charge in [-0.3, -0.25) is 0 Å². The quantitative estimate of drug-likeness (QED) is 0.511. The Balaban J connectivity index is 1.82. The molecule has 90 valence electrons. The topological polar surface area (TPSA) is 44.5 Å². The molecule has 0 saturated carbocycles. The molecule has 0 aromatic carbocycles. The number of nitrogens with zero attached hydrogens (tertiary/aromatic N) is 2. The second-order valence-corrected chi connectivity index (χ2v) is 4.39. The summed E-state index contributed by atoms with van der Waals surface area (Å²) >= 11 is 0. The maximum atomic E-state index is 5.40. The molecule has 0 aromatic rings. The van der Waals surface area contributed by atoms with Gasteiger partial charge in [0.05, 0.1) is 0 Å². The second-order valence-electron chi connectivity index (χ2n) is 4.39. The van der Waals surface area contributed by atoms with E-state index in [0.717, 1.165) is 26.2 Å². The Labute approximate surface area is 93.8 Å². The fourth-order valence-electron chi connectivity index (χ4n) is 1.78. The first-order valence-corrected chi connectivity index (χ1v) is 6.14. The Kier molecular flexibility index (Phi) is 6.92. The molecule has 4 nitrogen and oxygen atoms in total. The molecule has 1 aliphatic rings. The van der Waals surface area contributed by atoms with Crippen LogP contribution < -0.4 is 11.1 Å². The first-order valence-electron chi connectivity index (χ1n) is 6.14. The summed E-state index contributed by atoms with van der Waals surface area (Å²) < 4.78 is 0. The number of likely N-dealkylation sites (N-methyl/N-ethyl adjacent to an activating group) is 1. The highest BCUT2D eigenvalue weighted by atomic mass is 15.2. The lowest BCUT2D eigenvalue weighted by Crippen LogP contribution is -2.39. The summed E-state index contributed by atoms with van der Waals surface area (Å²) in [4.78, 5) is 4.92. The smallest absolute Gasteiger partial charge is 0.0104 e. The van der Waals surface area contributed by atoms with E-state index in [4.69, 9.17) is 5.73 Å². The van der Waals surface area contributed by atoms with Crippen LogP contribution >= 0.6 is 0 Å². The number of hydrogen-bond donors (Lipinski definition) is 2. The van der Waals surface area contributed by atoms with Crippen molar-refractivity contribution >= 4 is 0 Å². The van der Waals surface area contributed by atoms with Crippen LogP contribution in [0.15, 0.2) is 0 Å². The Hall–Kier alpha value is -0.160. The number of likely N-dealkylation sites (tertiary alicyclic amines) is 1. The van der Waals surface area contributed by atoms with Crippen LogP contribution in [0.5, 0.6) is 0 Å². The predicted octanol–water partition coefficient (Wildman–Crippen LogP) is -0.438. The highest BCUT2D eigenvalue weighted by Gasteiger charge is 2.12. The van der Waals surface area contributed by atoms with Crippen LogP contribution in [0.2, 0.25) is 0 Å². The second kappa shape index (κ2) is 8.05. The lowest BCUT2D eigenvalue weighted by molar-refractivity contribution is 0.170. The zero-order valence-electron chi connectivity index (χ0n) is 10.0. The van der Waals surface area contributed by atoms with Crippen molar-refractivity contribution in [1.82, 2.24) is 15.1 Å². The minimum Gasteiger partial charge on any atom is -0.329 e. The Morgan fingerprint density at radius 1 is 1.27 bits per heavy atom. The fourth-order valence-corrected chi connectivity index (χ4v) is 1.78. The van der Waals surface area contributed by atoms with Gasteiger partial charge in [-0.15, -0.1) is 0 Å². The van der Waals surface area contributed by atoms with Crippen molar-refractivity contribution in [3.63, 3.8) is 0 Å². The van der Waals surface area contributed by atoms with Gasteiger partial charge in [-0.1, -0.05) is 0 Å². The van der Waals surface area contributed by atoms with E-state index in [2.05, 4.69) is 22.2 Å². The van der Waals surface area contributed by atoms with Crippen molar-refractivity contribution in [3.8, 4) is 0 Å². The van der Waals surface area contributed by atoms with Crippen LogP contribution in [0.3, 0.4) is 0 Å². The lowest BCUT2D eigenvalue weighted by atomic mass is 10.2. The fraction of sp³-hybridized carbons (Fsp3) is 1.00. The molecule has 1 fully saturated rings. The van der Waals surface area contributed by atoms with E-state index < -0.39 is 0 Å². The summed E-state index contributed by atoms with van der Waals surface area (Å²) in [5.74, 6) is 0. The van der Waals surface area contributed by atoms with Gasteiger partial charge in [-0.05, 0) is 46.1 Å². The normalized spacial score (nSPS) is 17.0. The molecule has 0 spiro atoms. The summed E-state index contributed by atoms with van der Waals surface area (Å²) in [6.45, 7) is 8.97. The van der Waals surface area contributed by atoms with E-state index in [1.165, 1.54) is 39.0 Å². The average molecular weight is 214 g/mol. The van der Waals surface area contributed by atoms with Crippen LogP contribution in [0, 0.1) is 0 Å². The molecule has 15 heavy (non-hydrogen) atoms. The van der Waals surface area contributed by atoms with Crippen LogP contribution in [-0.2, 0) is 0 Å². The van der Waals surface area contributed by atoms with Gasteiger partial charge in [-0.2, -0.15) is 0 Å². The number of rotatable bonds is 9. The van der Waals surface area contributed by atoms with Crippen molar-refractivity contribution in [2.75, 3.05) is 59.4 Å². The van der Waals surface area contributed by atoms with Crippen molar-refractivity contribution < 1.29 is 0 Å². The lowest BCUT2D eigenvalue weighted by Gasteiger charge is -2.31. The molecular weight excluding hydrogens is 188 g/mol. The standard InChI is InChI=1S/C11H26N4/c1-14(11-6-13-5-4-12)7-2-8-15-9-3-10-15/h13H,2-12H2,1H3. The summed E-state index contributed by atoms with van der Waals surface area (Å²) in [5.41, 5.74) is 5.40. The van der Waals surface area contributed by atoms with E-state index in [9.17, 15) is 0 Å². The van der Waals surface area contributed by atoms with Crippen LogP contribution in [0.25, 0.3) is 0 Å². The summed E-state index contributed by atoms with van der Waals surface area (Å²) in [5, 5.41) is 3.31. The number of nitrogens with one attached hydrogen (secondary N) is 1. The molecule has 0 aromatic heterocycles. The molecule has 1 heterocycles. The van der Waals surface area contributed by atoms with Crippen molar-refractivity contribution in [3.05, 3.63) is 0 Å². The molecule has 1 rings (SSSR count). The third-order valence-electron chi connectivity index (χ3n) is 2.95. The van der Waals surface area contributed by atoms with Crippen molar-refractivity contribution in [2.45, 2.75) is 12.8 Å². The first-order chi connectivity index (χ1) is 7.33. The largest absolute Gasteiger partial charge is 0.329 e. The summed E-state index contributed by atoms with van der Waals surface area (Å²) in [6.07, 6.45) is 2.70. The third-order valence-corrected chi connectivity index (χ3v) is 2.95. The Bertz CT molecular complexity index is 148. The third kappa shape index (κ3) is 6.10. The van der Waals surface area contributed by atoms with Crippen LogP contribution in [0.4, 0.5) is 0 Å². The Morgan fingerprint density at radius 2 is 2.07 bits per heavy atom. The average Bonchev–Trinajstić information content (AvgIpc) is 2.17. The zero-order valence-corrected chi connectivity index (χ0v) is 10.0. The highest BCUT2D eigenvalue weighted by Crippen LogP contribution is 2.05. The first kappa shape index (κ1) is 12.9. The highest BCUT2D eigenvalue weighted by molar-refractivity contribution is 4.68. The molecular formula is C11H26N4. The van der Waals surface area contributed by atoms with Crippen LogP contribution in [0.1, 0.15) is 12.8 Å². The molecule has 0 atom stereocenters. The van der Waals surface area contributed by atoms with E-state index in [1.807, 2.05) is 0 Å². The predicted molar refractivity (Wildman–Crippen MR) is 65.1 cm³/mol. The molecule has 4 heteroatoms. The Morgan fingerprint density at radius 3 is 2.67 bits per heavy atom. The molecule has 1 saturated heterocycles. The number of nitrogens with two attached hydrogens (primary N) is 1. The van der Waals surface area contributed by atoms with Gasteiger partial charge in [0.25, 0.3) is 0 Å². The van der Waals surface area contributed by atoms with Crippen molar-refractivity contribution in [1.29, 1.82) is 0 Å². The van der Waals surface area contributed by atoms with E-state index in [-0.39, 0.29) is 0 Å². The van der Waals surface area contributed by atoms with E-state index >= 15 is 0 Å². The molecule has 0 amide bonds. The summed E-state index contributed by atoms with van der Waals surface area (Å²) in [7, 11) is 2.19. The molecule has 1 aliphatic heterocycles. The van der Waals surface area contributed by atoms with Crippen LogP contribution in [-0.4, -0.2) is 69.2 Å². The molecule has 0 radical (unpaired) electrons. The van der Waals surface area contributed by atoms with Crippen molar-refractivity contribution in [2.24, 2.45) is 5.73 Å². The molecule has 3 N–H and O–H groups in total. The van der Waals surface area contributed by atoms with Gasteiger partial charge in [-0.25, -0.2) is 0 Å². The summed E-state index contributed by atoms with van der Waals surface area (Å²) in [6, 6.07) is 0. The van der Waals surface area contributed by atoms with Gasteiger partial charge < -0.3 is 20.9 Å². The SMILES string of the molecule is CN(CCCN1CCC1)CCNCCN. The minimum absolute atomic E-state index is 0.735. The molecule has 0 unspecified atom stereocenters. The van der Waals surface area contributed by atoms with E-state index in [0.29, 0.717) is 0 Å². The molecule has 0 aliphatic carbocycles.